The summed E-state index contributed by atoms with van der Waals surface area (Å²) < 4.78 is 15.0. The molecule has 2 fully saturated rings. The number of carbonyl (C=O) groups is 5. The number of ether oxygens (including phenoxy) is 2. The number of alkyl carbamates (subject to hydrolysis) is 2. The molecular weight excluding hydrogens is 724 g/mol. The Balaban J connectivity index is 1.10. The minimum Gasteiger partial charge on any atom is -0.453 e. The van der Waals surface area contributed by atoms with Gasteiger partial charge in [0, 0.05) is 18.8 Å². The van der Waals surface area contributed by atoms with Gasteiger partial charge in [-0.1, -0.05) is 39.8 Å². The number of amides is 4. The number of ketones is 1. The standard InChI is InChI=1S/C38H48N10O8/c1-20(2)28(45-37(52)54-5)35(50)47-15-7-9-26(47)32-39-17-24(43-32)22-11-13-23(14-12-22)42-34-30(41-19-56-34)31(49)25-18-40-33(44-25)27-10-8-16-48(27)36(51)29(21(3)4)46-38(53)55-6/h11-14,17-21,26-29,42H,7-10,15-16H2,1-6H3,(H,39,43)(H,40,44)(H,45,52)(H,46,53). The van der Waals surface area contributed by atoms with Crippen LogP contribution in [0.5, 0.6) is 0 Å². The number of nitrogens with one attached hydrogen (secondary N) is 5. The van der Waals surface area contributed by atoms with Crippen LogP contribution in [0.25, 0.3) is 11.3 Å². The fourth-order valence-corrected chi connectivity index (χ4v) is 7.15. The van der Waals surface area contributed by atoms with Gasteiger partial charge in [0.05, 0.1) is 44.4 Å². The second kappa shape index (κ2) is 17.1. The van der Waals surface area contributed by atoms with E-state index in [0.29, 0.717) is 36.8 Å². The quantitative estimate of drug-likeness (QED) is 0.115. The van der Waals surface area contributed by atoms with E-state index in [4.69, 9.17) is 13.9 Å². The summed E-state index contributed by atoms with van der Waals surface area (Å²) in [5.74, 6) is 0.0445. The van der Waals surface area contributed by atoms with Crippen LogP contribution in [0.1, 0.15) is 93.3 Å². The van der Waals surface area contributed by atoms with Crippen molar-refractivity contribution in [3.63, 3.8) is 0 Å². The van der Waals surface area contributed by atoms with Crippen molar-refractivity contribution < 1.29 is 37.9 Å². The fourth-order valence-electron chi connectivity index (χ4n) is 7.15. The van der Waals surface area contributed by atoms with Crippen LogP contribution in [0.4, 0.5) is 21.2 Å². The minimum atomic E-state index is -0.782. The fraction of sp³-hybridized carbons (Fsp3) is 0.474. The average molecular weight is 773 g/mol. The lowest BCUT2D eigenvalue weighted by atomic mass is 10.0. The molecule has 6 rings (SSSR count). The first kappa shape index (κ1) is 39.5. The molecule has 0 bridgehead atoms. The van der Waals surface area contributed by atoms with Crippen molar-refractivity contribution >= 4 is 41.4 Å². The predicted molar refractivity (Wildman–Crippen MR) is 202 cm³/mol. The van der Waals surface area contributed by atoms with E-state index in [1.165, 1.54) is 26.8 Å². The molecule has 2 saturated heterocycles. The van der Waals surface area contributed by atoms with E-state index in [1.807, 2.05) is 52.0 Å². The Morgan fingerprint density at radius 1 is 0.768 bits per heavy atom. The maximum atomic E-state index is 13.6. The molecule has 4 aromatic rings. The number of rotatable bonds is 13. The number of likely N-dealkylation sites (tertiary alicyclic amines) is 2. The number of H-pyrrole nitrogens is 2. The molecule has 1 aromatic carbocycles. The number of aromatic nitrogens is 5. The first-order valence-electron chi connectivity index (χ1n) is 18.7. The van der Waals surface area contributed by atoms with Gasteiger partial charge in [-0.25, -0.2) is 24.5 Å². The Morgan fingerprint density at radius 3 is 1.84 bits per heavy atom. The summed E-state index contributed by atoms with van der Waals surface area (Å²) in [7, 11) is 2.51. The lowest BCUT2D eigenvalue weighted by molar-refractivity contribution is -0.136. The SMILES string of the molecule is COC(=O)NC(C(=O)N1CCCC1c1ncc(C(=O)c2ncoc2Nc2ccc(-c3cnc(C4CCCN4C(=O)C(NC(=O)OC)C(C)C)[nH]3)cc2)[nH]1)C(C)C. The Labute approximate surface area is 323 Å². The first-order valence-corrected chi connectivity index (χ1v) is 18.7. The number of methoxy groups -OCH3 is 2. The third kappa shape index (κ3) is 8.38. The summed E-state index contributed by atoms with van der Waals surface area (Å²) in [6.07, 6.45) is 5.88. The molecule has 4 atom stereocenters. The lowest BCUT2D eigenvalue weighted by Crippen LogP contribution is -2.51. The van der Waals surface area contributed by atoms with E-state index in [2.05, 4.69) is 40.9 Å². The van der Waals surface area contributed by atoms with Crippen molar-refractivity contribution in [2.24, 2.45) is 11.8 Å². The van der Waals surface area contributed by atoms with Crippen LogP contribution in [-0.2, 0) is 19.1 Å². The summed E-state index contributed by atoms with van der Waals surface area (Å²) in [6, 6.07) is 5.23. The normalized spacial score (nSPS) is 17.9. The molecule has 18 nitrogen and oxygen atoms in total. The largest absolute Gasteiger partial charge is 0.453 e. The van der Waals surface area contributed by atoms with Gasteiger partial charge in [-0.3, -0.25) is 14.4 Å². The van der Waals surface area contributed by atoms with Crippen molar-refractivity contribution in [2.75, 3.05) is 32.6 Å². The zero-order valence-electron chi connectivity index (χ0n) is 32.3. The highest BCUT2D eigenvalue weighted by Crippen LogP contribution is 2.34. The highest BCUT2D eigenvalue weighted by atomic mass is 16.5. The molecule has 4 amide bonds. The molecular formula is C38H48N10O8. The van der Waals surface area contributed by atoms with Gasteiger partial charge in [-0.05, 0) is 55.2 Å². The van der Waals surface area contributed by atoms with E-state index < -0.39 is 36.1 Å². The molecule has 5 heterocycles. The molecule has 2 aliphatic heterocycles. The average Bonchev–Trinajstić information content (AvgIpc) is 4.04. The predicted octanol–water partition coefficient (Wildman–Crippen LogP) is 4.85. The van der Waals surface area contributed by atoms with Gasteiger partial charge in [0.2, 0.25) is 23.5 Å². The second-order valence-electron chi connectivity index (χ2n) is 14.5. The molecule has 2 aliphatic rings. The third-order valence-electron chi connectivity index (χ3n) is 10.2. The highest BCUT2D eigenvalue weighted by Gasteiger charge is 2.39. The van der Waals surface area contributed by atoms with Gasteiger partial charge in [0.15, 0.2) is 12.1 Å². The van der Waals surface area contributed by atoms with Gasteiger partial charge in [0.1, 0.15) is 29.4 Å². The van der Waals surface area contributed by atoms with E-state index in [0.717, 1.165) is 30.5 Å². The number of hydrogen-bond acceptors (Lipinski definition) is 12. The zero-order valence-corrected chi connectivity index (χ0v) is 32.3. The summed E-state index contributed by atoms with van der Waals surface area (Å²) in [5, 5.41) is 8.42. The number of nitrogens with zero attached hydrogens (tertiary/aromatic N) is 5. The summed E-state index contributed by atoms with van der Waals surface area (Å²) in [4.78, 5) is 87.6. The smallest absolute Gasteiger partial charge is 0.407 e. The van der Waals surface area contributed by atoms with Crippen LogP contribution in [0.15, 0.2) is 47.5 Å². The maximum absolute atomic E-state index is 13.6. The zero-order chi connectivity index (χ0) is 40.1. The molecule has 0 radical (unpaired) electrons. The van der Waals surface area contributed by atoms with Gasteiger partial charge in [-0.2, -0.15) is 0 Å². The van der Waals surface area contributed by atoms with Gasteiger partial charge < -0.3 is 49.6 Å². The van der Waals surface area contributed by atoms with Crippen LogP contribution in [0.3, 0.4) is 0 Å². The van der Waals surface area contributed by atoms with E-state index in [1.54, 1.807) is 16.0 Å². The summed E-state index contributed by atoms with van der Waals surface area (Å²) >= 11 is 0. The summed E-state index contributed by atoms with van der Waals surface area (Å²) in [5.41, 5.74) is 2.46. The van der Waals surface area contributed by atoms with Crippen LogP contribution in [0, 0.1) is 11.8 Å². The minimum absolute atomic E-state index is 0.0427. The number of hydrogen-bond donors (Lipinski definition) is 5. The first-order chi connectivity index (χ1) is 26.9. The van der Waals surface area contributed by atoms with E-state index in [9.17, 15) is 24.0 Å². The number of anilines is 2. The van der Waals surface area contributed by atoms with Crippen molar-refractivity contribution in [2.45, 2.75) is 77.5 Å². The van der Waals surface area contributed by atoms with Crippen LogP contribution in [-0.4, -0.2) is 104 Å². The van der Waals surface area contributed by atoms with Gasteiger partial charge >= 0.3 is 12.2 Å². The van der Waals surface area contributed by atoms with Crippen molar-refractivity contribution in [3.8, 4) is 11.3 Å². The molecule has 5 N–H and O–H groups in total. The number of carbonyl (C=O) groups excluding carboxylic acids is 5. The van der Waals surface area contributed by atoms with Gasteiger partial charge in [-0.15, -0.1) is 0 Å². The van der Waals surface area contributed by atoms with Crippen molar-refractivity contribution in [3.05, 3.63) is 66.1 Å². The highest BCUT2D eigenvalue weighted by molar-refractivity contribution is 6.09. The number of benzene rings is 1. The molecule has 298 valence electrons. The molecule has 4 unspecified atom stereocenters. The molecule has 0 spiro atoms. The molecule has 0 aliphatic carbocycles. The van der Waals surface area contributed by atoms with Gasteiger partial charge in [0.25, 0.3) is 0 Å². The molecule has 18 heteroatoms. The number of imidazole rings is 2. The molecule has 56 heavy (non-hydrogen) atoms. The summed E-state index contributed by atoms with van der Waals surface area (Å²) in [6.45, 7) is 8.46. The molecule has 0 saturated carbocycles. The van der Waals surface area contributed by atoms with Crippen LogP contribution in [0.2, 0.25) is 0 Å². The lowest BCUT2D eigenvalue weighted by Gasteiger charge is -2.30. The Morgan fingerprint density at radius 2 is 1.30 bits per heavy atom. The Hall–Kier alpha value is -6.20. The second-order valence-corrected chi connectivity index (χ2v) is 14.5. The maximum Gasteiger partial charge on any atom is 0.407 e. The molecule has 3 aromatic heterocycles. The Bertz CT molecular complexity index is 2040. The van der Waals surface area contributed by atoms with E-state index >= 15 is 0 Å². The van der Waals surface area contributed by atoms with E-state index in [-0.39, 0.29) is 47.0 Å². The number of oxazole rings is 1. The van der Waals surface area contributed by atoms with Crippen LogP contribution < -0.4 is 16.0 Å². The van der Waals surface area contributed by atoms with Crippen molar-refractivity contribution in [1.29, 1.82) is 0 Å². The van der Waals surface area contributed by atoms with Crippen molar-refractivity contribution in [1.82, 2.24) is 45.4 Å². The monoisotopic (exact) mass is 772 g/mol. The Kier molecular flexibility index (Phi) is 12.0. The third-order valence-corrected chi connectivity index (χ3v) is 10.2. The number of aromatic amines is 2. The van der Waals surface area contributed by atoms with Crippen LogP contribution >= 0.6 is 0 Å². The topological polar surface area (TPSA) is 230 Å².